The van der Waals surface area contributed by atoms with Crippen LogP contribution in [0.15, 0.2) is 66.3 Å². The van der Waals surface area contributed by atoms with E-state index >= 15 is 0 Å². The highest BCUT2D eigenvalue weighted by molar-refractivity contribution is 6.21. The third-order valence-electron chi connectivity index (χ3n) is 6.00. The Morgan fingerprint density at radius 1 is 0.852 bits per heavy atom. The molecule has 0 spiro atoms. The molecule has 1 heteroatoms. The van der Waals surface area contributed by atoms with Crippen LogP contribution in [0.5, 0.6) is 0 Å². The lowest BCUT2D eigenvalue weighted by molar-refractivity contribution is 1.25. The zero-order chi connectivity index (χ0) is 19.1. The van der Waals surface area contributed by atoms with Crippen LogP contribution in [0, 0.1) is 26.2 Å². The number of fused-ring (bicyclic) bond motifs is 1. The zero-order valence-corrected chi connectivity index (χ0v) is 16.5. The maximum absolute atomic E-state index is 9.19. The Morgan fingerprint density at radius 3 is 2.37 bits per heavy atom. The normalized spacial score (nSPS) is 13.6. The first-order valence-corrected chi connectivity index (χ1v) is 9.53. The van der Waals surface area contributed by atoms with Gasteiger partial charge in [-0.25, -0.2) is 0 Å². The average molecular weight is 351 g/mol. The van der Waals surface area contributed by atoms with E-state index < -0.39 is 0 Å². The third-order valence-corrected chi connectivity index (χ3v) is 6.00. The quantitative estimate of drug-likeness (QED) is 0.495. The van der Waals surface area contributed by atoms with Gasteiger partial charge in [0.05, 0.1) is 5.71 Å². The van der Waals surface area contributed by atoms with Crippen molar-refractivity contribution in [1.29, 1.82) is 5.41 Å². The molecule has 3 aromatic rings. The Morgan fingerprint density at radius 2 is 1.63 bits per heavy atom. The van der Waals surface area contributed by atoms with E-state index in [9.17, 15) is 5.41 Å². The minimum Gasteiger partial charge on any atom is -0.300 e. The SMILES string of the molecule is CC1=C(c2ccc3ccccc3c2C(=N)c2ccc(C)c(C)c2C)CC=C1. The molecule has 134 valence electrons. The minimum atomic E-state index is 0.620. The Kier molecular flexibility index (Phi) is 4.31. The van der Waals surface area contributed by atoms with Crippen LogP contribution in [0.1, 0.15) is 46.7 Å². The number of rotatable bonds is 3. The molecule has 4 rings (SSSR count). The molecule has 1 aliphatic carbocycles. The van der Waals surface area contributed by atoms with Gasteiger partial charge in [0.25, 0.3) is 0 Å². The molecular weight excluding hydrogens is 326 g/mol. The summed E-state index contributed by atoms with van der Waals surface area (Å²) in [5, 5.41) is 11.5. The van der Waals surface area contributed by atoms with Gasteiger partial charge in [-0.2, -0.15) is 0 Å². The van der Waals surface area contributed by atoms with E-state index in [4.69, 9.17) is 0 Å². The molecule has 0 amide bonds. The summed E-state index contributed by atoms with van der Waals surface area (Å²) in [5.41, 5.74) is 10.3. The largest absolute Gasteiger partial charge is 0.300 e. The van der Waals surface area contributed by atoms with Gasteiger partial charge >= 0.3 is 0 Å². The van der Waals surface area contributed by atoms with Crippen LogP contribution in [-0.4, -0.2) is 5.71 Å². The van der Waals surface area contributed by atoms with Crippen LogP contribution >= 0.6 is 0 Å². The molecule has 0 aliphatic heterocycles. The van der Waals surface area contributed by atoms with Crippen molar-refractivity contribution in [1.82, 2.24) is 0 Å². The first-order valence-electron chi connectivity index (χ1n) is 9.53. The maximum Gasteiger partial charge on any atom is 0.0699 e. The summed E-state index contributed by atoms with van der Waals surface area (Å²) in [6, 6.07) is 17.1. The fourth-order valence-corrected chi connectivity index (χ4v) is 4.09. The highest BCUT2D eigenvalue weighted by Crippen LogP contribution is 2.36. The molecule has 0 saturated carbocycles. The number of aryl methyl sites for hydroxylation is 1. The van der Waals surface area contributed by atoms with Crippen LogP contribution in [0.25, 0.3) is 16.3 Å². The Labute approximate surface area is 161 Å². The highest BCUT2D eigenvalue weighted by Gasteiger charge is 2.20. The number of hydrogen-bond donors (Lipinski definition) is 1. The number of allylic oxidation sites excluding steroid dienone is 4. The van der Waals surface area contributed by atoms with Gasteiger partial charge in [0.1, 0.15) is 0 Å². The van der Waals surface area contributed by atoms with Gasteiger partial charge in [0, 0.05) is 11.1 Å². The first kappa shape index (κ1) is 17.5. The van der Waals surface area contributed by atoms with Gasteiger partial charge in [-0.05, 0) is 78.3 Å². The van der Waals surface area contributed by atoms with Gasteiger partial charge in [0.2, 0.25) is 0 Å². The van der Waals surface area contributed by atoms with Gasteiger partial charge in [-0.1, -0.05) is 60.7 Å². The molecule has 0 bridgehead atoms. The van der Waals surface area contributed by atoms with Gasteiger partial charge < -0.3 is 0 Å². The molecule has 0 fully saturated rings. The molecule has 0 radical (unpaired) electrons. The summed E-state index contributed by atoms with van der Waals surface area (Å²) in [6.07, 6.45) is 5.35. The lowest BCUT2D eigenvalue weighted by Gasteiger charge is -2.19. The maximum atomic E-state index is 9.19. The lowest BCUT2D eigenvalue weighted by atomic mass is 9.85. The Bertz CT molecular complexity index is 1140. The Balaban J connectivity index is 2.01. The summed E-state index contributed by atoms with van der Waals surface area (Å²) in [6.45, 7) is 8.60. The first-order chi connectivity index (χ1) is 13.0. The molecule has 1 nitrogen and oxygen atoms in total. The lowest BCUT2D eigenvalue weighted by Crippen LogP contribution is -2.09. The van der Waals surface area contributed by atoms with Gasteiger partial charge in [-0.3, -0.25) is 5.41 Å². The van der Waals surface area contributed by atoms with Crippen molar-refractivity contribution >= 4 is 22.1 Å². The fraction of sp³-hybridized carbons (Fsp3) is 0.192. The van der Waals surface area contributed by atoms with Crippen LogP contribution in [0.4, 0.5) is 0 Å². The second kappa shape index (κ2) is 6.66. The van der Waals surface area contributed by atoms with Crippen molar-refractivity contribution in [2.75, 3.05) is 0 Å². The van der Waals surface area contributed by atoms with Crippen LogP contribution in [0.3, 0.4) is 0 Å². The number of hydrogen-bond acceptors (Lipinski definition) is 1. The van der Waals surface area contributed by atoms with E-state index in [2.05, 4.69) is 88.4 Å². The molecular formula is C26H25N. The highest BCUT2D eigenvalue weighted by atomic mass is 14.4. The predicted octanol–water partition coefficient (Wildman–Crippen LogP) is 6.91. The summed E-state index contributed by atoms with van der Waals surface area (Å²) in [5.74, 6) is 0. The van der Waals surface area contributed by atoms with Crippen molar-refractivity contribution < 1.29 is 0 Å². The third kappa shape index (κ3) is 2.84. The topological polar surface area (TPSA) is 23.9 Å². The van der Waals surface area contributed by atoms with E-state index in [0.29, 0.717) is 5.71 Å². The summed E-state index contributed by atoms with van der Waals surface area (Å²) < 4.78 is 0. The number of benzene rings is 3. The van der Waals surface area contributed by atoms with Crippen molar-refractivity contribution in [3.8, 4) is 0 Å². The van der Waals surface area contributed by atoms with Crippen LogP contribution < -0.4 is 0 Å². The van der Waals surface area contributed by atoms with E-state index in [1.807, 2.05) is 0 Å². The van der Waals surface area contributed by atoms with Crippen LogP contribution in [-0.2, 0) is 0 Å². The molecule has 27 heavy (non-hydrogen) atoms. The van der Waals surface area contributed by atoms with Crippen molar-refractivity contribution in [2.24, 2.45) is 0 Å². The van der Waals surface area contributed by atoms with Crippen molar-refractivity contribution in [3.63, 3.8) is 0 Å². The second-order valence-corrected chi connectivity index (χ2v) is 7.53. The monoisotopic (exact) mass is 351 g/mol. The smallest absolute Gasteiger partial charge is 0.0699 e. The summed E-state index contributed by atoms with van der Waals surface area (Å²) in [4.78, 5) is 0. The molecule has 0 saturated heterocycles. The van der Waals surface area contributed by atoms with E-state index in [0.717, 1.165) is 22.9 Å². The van der Waals surface area contributed by atoms with Crippen LogP contribution in [0.2, 0.25) is 0 Å². The second-order valence-electron chi connectivity index (χ2n) is 7.53. The van der Waals surface area contributed by atoms with Crippen molar-refractivity contribution in [2.45, 2.75) is 34.1 Å². The summed E-state index contributed by atoms with van der Waals surface area (Å²) >= 11 is 0. The molecule has 1 aliphatic rings. The zero-order valence-electron chi connectivity index (χ0n) is 16.5. The minimum absolute atomic E-state index is 0.620. The van der Waals surface area contributed by atoms with E-state index in [1.54, 1.807) is 0 Å². The molecule has 1 N–H and O–H groups in total. The standard InChI is InChI=1S/C26H25N/c1-16-12-14-22(19(4)18(16)3)26(27)25-23-10-6-5-9-20(23)13-15-24(25)21-11-7-8-17(21)2/h5-10,12-15,27H,11H2,1-4H3. The van der Waals surface area contributed by atoms with Crippen molar-refractivity contribution in [3.05, 3.63) is 99.6 Å². The van der Waals surface area contributed by atoms with Gasteiger partial charge in [0.15, 0.2) is 0 Å². The molecule has 0 unspecified atom stereocenters. The summed E-state index contributed by atoms with van der Waals surface area (Å²) in [7, 11) is 0. The van der Waals surface area contributed by atoms with E-state index in [-0.39, 0.29) is 0 Å². The molecule has 0 heterocycles. The molecule has 0 aromatic heterocycles. The number of nitrogens with one attached hydrogen (secondary N) is 1. The average Bonchev–Trinajstić information content (AvgIpc) is 3.10. The predicted molar refractivity (Wildman–Crippen MR) is 117 cm³/mol. The Hall–Kier alpha value is -2.93. The molecule has 3 aromatic carbocycles. The van der Waals surface area contributed by atoms with Gasteiger partial charge in [-0.15, -0.1) is 0 Å². The fourth-order valence-electron chi connectivity index (χ4n) is 4.09. The molecule has 0 atom stereocenters. The van der Waals surface area contributed by atoms with E-state index in [1.165, 1.54) is 38.8 Å².